The predicted octanol–water partition coefficient (Wildman–Crippen LogP) is 0.0969. The van der Waals surface area contributed by atoms with E-state index in [-0.39, 0.29) is 12.1 Å². The summed E-state index contributed by atoms with van der Waals surface area (Å²) in [5.41, 5.74) is 5.38. The molecule has 114 valence electrons. The van der Waals surface area contributed by atoms with Crippen molar-refractivity contribution in [2.45, 2.75) is 17.4 Å². The molecule has 1 heterocycles. The lowest BCUT2D eigenvalue weighted by molar-refractivity contribution is -0.137. The summed E-state index contributed by atoms with van der Waals surface area (Å²) in [5.74, 6) is -2.42. The standard InChI is InChI=1S/C11H11ClFN3O4S/c1-16-9(17)4-7(11(16)18)15-21(19,20)8-3-5(14)2-6(12)10(8)13/h2-3,7,15H,4,14H2,1H3. The third kappa shape index (κ3) is 2.85. The van der Waals surface area contributed by atoms with Gasteiger partial charge in [0, 0.05) is 12.7 Å². The van der Waals surface area contributed by atoms with Crippen molar-refractivity contribution < 1.29 is 22.4 Å². The van der Waals surface area contributed by atoms with Crippen LogP contribution in [0.1, 0.15) is 6.42 Å². The van der Waals surface area contributed by atoms with Gasteiger partial charge in [0.1, 0.15) is 10.9 Å². The van der Waals surface area contributed by atoms with Gasteiger partial charge in [0.25, 0.3) is 0 Å². The number of nitrogens with zero attached hydrogens (tertiary/aromatic N) is 1. The molecule has 1 unspecified atom stereocenters. The molecule has 1 aliphatic heterocycles. The molecule has 7 nitrogen and oxygen atoms in total. The summed E-state index contributed by atoms with van der Waals surface area (Å²) in [6.07, 6.45) is -0.327. The van der Waals surface area contributed by atoms with Gasteiger partial charge in [0.15, 0.2) is 5.82 Å². The number of anilines is 1. The van der Waals surface area contributed by atoms with Crippen molar-refractivity contribution in [2.24, 2.45) is 0 Å². The van der Waals surface area contributed by atoms with Crippen molar-refractivity contribution >= 4 is 39.1 Å². The maximum Gasteiger partial charge on any atom is 0.247 e. The summed E-state index contributed by atoms with van der Waals surface area (Å²) in [7, 11) is -3.16. The number of nitrogens with two attached hydrogens (primary N) is 1. The van der Waals surface area contributed by atoms with Crippen molar-refractivity contribution in [2.75, 3.05) is 12.8 Å². The molecule has 1 aromatic carbocycles. The van der Waals surface area contributed by atoms with Crippen LogP contribution >= 0.6 is 11.6 Å². The number of hydrogen-bond acceptors (Lipinski definition) is 5. The third-order valence-electron chi connectivity index (χ3n) is 2.99. The van der Waals surface area contributed by atoms with Crippen LogP contribution in [0, 0.1) is 5.82 Å². The number of carbonyl (C=O) groups excluding carboxylic acids is 2. The lowest BCUT2D eigenvalue weighted by Crippen LogP contribution is -2.40. The first-order valence-electron chi connectivity index (χ1n) is 5.70. The lowest BCUT2D eigenvalue weighted by atomic mass is 10.3. The van der Waals surface area contributed by atoms with Crippen molar-refractivity contribution in [1.82, 2.24) is 9.62 Å². The number of carbonyl (C=O) groups is 2. The van der Waals surface area contributed by atoms with Gasteiger partial charge in [0.2, 0.25) is 21.8 Å². The fraction of sp³-hybridized carbons (Fsp3) is 0.273. The Morgan fingerprint density at radius 2 is 2.05 bits per heavy atom. The molecule has 2 rings (SSSR count). The molecular weight excluding hydrogens is 325 g/mol. The third-order valence-corrected chi connectivity index (χ3v) is 4.73. The molecule has 3 N–H and O–H groups in total. The van der Waals surface area contributed by atoms with Gasteiger partial charge in [-0.3, -0.25) is 14.5 Å². The second-order valence-electron chi connectivity index (χ2n) is 4.48. The predicted molar refractivity (Wildman–Crippen MR) is 72.3 cm³/mol. The summed E-state index contributed by atoms with van der Waals surface area (Å²) in [5, 5.41) is -0.457. The Labute approximate surface area is 124 Å². The molecule has 1 atom stereocenters. The SMILES string of the molecule is CN1C(=O)CC(NS(=O)(=O)c2cc(N)cc(Cl)c2F)C1=O. The van der Waals surface area contributed by atoms with E-state index in [0.29, 0.717) is 0 Å². The molecule has 1 aromatic rings. The van der Waals surface area contributed by atoms with E-state index in [2.05, 4.69) is 0 Å². The summed E-state index contributed by atoms with van der Waals surface area (Å²) < 4.78 is 40.1. The van der Waals surface area contributed by atoms with E-state index in [4.69, 9.17) is 17.3 Å². The smallest absolute Gasteiger partial charge is 0.247 e. The highest BCUT2D eigenvalue weighted by molar-refractivity contribution is 7.89. The fourth-order valence-corrected chi connectivity index (χ4v) is 3.48. The average molecular weight is 336 g/mol. The molecule has 0 aromatic heterocycles. The lowest BCUT2D eigenvalue weighted by Gasteiger charge is -2.13. The van der Waals surface area contributed by atoms with Gasteiger partial charge in [-0.1, -0.05) is 11.6 Å². The maximum absolute atomic E-state index is 13.8. The number of imide groups is 1. The minimum atomic E-state index is -4.39. The molecule has 1 fully saturated rings. The second-order valence-corrected chi connectivity index (χ2v) is 6.57. The summed E-state index contributed by atoms with van der Waals surface area (Å²) >= 11 is 5.54. The number of likely N-dealkylation sites (N-methyl/N-ethyl adjacent to an activating group) is 1. The van der Waals surface area contributed by atoms with Crippen LogP contribution in [0.3, 0.4) is 0 Å². The van der Waals surface area contributed by atoms with Gasteiger partial charge >= 0.3 is 0 Å². The van der Waals surface area contributed by atoms with Gasteiger partial charge in [-0.2, -0.15) is 4.72 Å². The largest absolute Gasteiger partial charge is 0.399 e. The Morgan fingerprint density at radius 1 is 1.43 bits per heavy atom. The van der Waals surface area contributed by atoms with Crippen molar-refractivity contribution in [1.29, 1.82) is 0 Å². The first kappa shape index (κ1) is 15.7. The Kier molecular flexibility index (Phi) is 3.91. The van der Waals surface area contributed by atoms with Crippen LogP contribution in [0.4, 0.5) is 10.1 Å². The van der Waals surface area contributed by atoms with Crippen molar-refractivity contribution in [3.63, 3.8) is 0 Å². The van der Waals surface area contributed by atoms with Crippen LogP contribution in [0.15, 0.2) is 17.0 Å². The zero-order valence-electron chi connectivity index (χ0n) is 10.8. The number of hydrogen-bond donors (Lipinski definition) is 2. The molecule has 1 saturated heterocycles. The normalized spacial score (nSPS) is 19.4. The maximum atomic E-state index is 13.8. The average Bonchev–Trinajstić information content (AvgIpc) is 2.61. The Morgan fingerprint density at radius 3 is 2.57 bits per heavy atom. The van der Waals surface area contributed by atoms with E-state index >= 15 is 0 Å². The Bertz CT molecular complexity index is 737. The van der Waals surface area contributed by atoms with Gasteiger partial charge in [-0.05, 0) is 12.1 Å². The fourth-order valence-electron chi connectivity index (χ4n) is 1.88. The molecule has 0 spiro atoms. The van der Waals surface area contributed by atoms with Gasteiger partial charge < -0.3 is 5.73 Å². The number of rotatable bonds is 3. The minimum Gasteiger partial charge on any atom is -0.399 e. The van der Waals surface area contributed by atoms with Gasteiger partial charge in [-0.15, -0.1) is 0 Å². The molecule has 0 radical (unpaired) electrons. The highest BCUT2D eigenvalue weighted by Gasteiger charge is 2.39. The molecule has 0 bridgehead atoms. The van der Waals surface area contributed by atoms with E-state index in [1.54, 1.807) is 0 Å². The zero-order chi connectivity index (χ0) is 15.9. The van der Waals surface area contributed by atoms with Crippen LogP contribution in [0.25, 0.3) is 0 Å². The number of nitrogens with one attached hydrogen (secondary N) is 1. The molecule has 2 amide bonds. The van der Waals surface area contributed by atoms with Crippen LogP contribution in [-0.4, -0.2) is 38.2 Å². The van der Waals surface area contributed by atoms with Crippen LogP contribution in [-0.2, 0) is 19.6 Å². The first-order valence-corrected chi connectivity index (χ1v) is 7.57. The van der Waals surface area contributed by atoms with Crippen molar-refractivity contribution in [3.05, 3.63) is 23.0 Å². The number of sulfonamides is 1. The van der Waals surface area contributed by atoms with E-state index in [1.807, 2.05) is 4.72 Å². The molecular formula is C11H11ClFN3O4S. The highest BCUT2D eigenvalue weighted by atomic mass is 35.5. The number of benzene rings is 1. The van der Waals surface area contributed by atoms with Crippen LogP contribution in [0.2, 0.25) is 5.02 Å². The summed E-state index contributed by atoms with van der Waals surface area (Å²) in [4.78, 5) is 23.1. The summed E-state index contributed by atoms with van der Waals surface area (Å²) in [6.45, 7) is 0. The zero-order valence-corrected chi connectivity index (χ0v) is 12.3. The second kappa shape index (κ2) is 5.24. The molecule has 10 heteroatoms. The Hall–Kier alpha value is -1.71. The van der Waals surface area contributed by atoms with E-state index in [1.165, 1.54) is 7.05 Å². The topological polar surface area (TPSA) is 110 Å². The Balaban J connectivity index is 2.36. The number of likely N-dealkylation sites (tertiary alicyclic amines) is 1. The van der Waals surface area contributed by atoms with E-state index < -0.39 is 43.6 Å². The first-order chi connectivity index (χ1) is 9.63. The number of halogens is 2. The molecule has 21 heavy (non-hydrogen) atoms. The van der Waals surface area contributed by atoms with E-state index in [9.17, 15) is 22.4 Å². The van der Waals surface area contributed by atoms with Crippen LogP contribution < -0.4 is 10.5 Å². The highest BCUT2D eigenvalue weighted by Crippen LogP contribution is 2.26. The number of amides is 2. The minimum absolute atomic E-state index is 0.0484. The van der Waals surface area contributed by atoms with Gasteiger partial charge in [-0.25, -0.2) is 12.8 Å². The van der Waals surface area contributed by atoms with Gasteiger partial charge in [0.05, 0.1) is 11.4 Å². The van der Waals surface area contributed by atoms with E-state index in [0.717, 1.165) is 17.0 Å². The van der Waals surface area contributed by atoms with Crippen molar-refractivity contribution in [3.8, 4) is 0 Å². The monoisotopic (exact) mass is 335 g/mol. The molecule has 1 aliphatic rings. The molecule has 0 aliphatic carbocycles. The van der Waals surface area contributed by atoms with Crippen LogP contribution in [0.5, 0.6) is 0 Å². The quantitative estimate of drug-likeness (QED) is 0.601. The number of nitrogen functional groups attached to an aromatic ring is 1. The summed E-state index contributed by atoms with van der Waals surface area (Å²) in [6, 6.07) is 0.676. The molecule has 0 saturated carbocycles.